The molecule has 1 aliphatic heterocycles. The van der Waals surface area contributed by atoms with Gasteiger partial charge >= 0.3 is 0 Å². The molecule has 0 radical (unpaired) electrons. The lowest BCUT2D eigenvalue weighted by Gasteiger charge is -2.11. The molecule has 2 heterocycles. The molecule has 1 aliphatic rings. The molecule has 1 amide bonds. The molecule has 0 saturated carbocycles. The van der Waals surface area contributed by atoms with E-state index in [1.54, 1.807) is 11.9 Å². The normalized spacial score (nSPS) is 17.2. The molecule has 5 nitrogen and oxygen atoms in total. The molecule has 1 fully saturated rings. The van der Waals surface area contributed by atoms with Crippen molar-refractivity contribution in [2.45, 2.75) is 6.92 Å². The van der Waals surface area contributed by atoms with E-state index in [1.807, 2.05) is 11.8 Å². The molecule has 0 aromatic carbocycles. The Bertz CT molecular complexity index is 337. The molecule has 2 rings (SSSR count). The highest BCUT2D eigenvalue weighted by atomic mass is 32.1. The average molecular weight is 198 g/mol. The summed E-state index contributed by atoms with van der Waals surface area (Å²) in [6.45, 7) is 2.89. The topological polar surface area (TPSA) is 49.3 Å². The van der Waals surface area contributed by atoms with E-state index in [1.165, 1.54) is 11.5 Å². The zero-order valence-corrected chi connectivity index (χ0v) is 8.34. The zero-order valence-electron chi connectivity index (χ0n) is 7.52. The van der Waals surface area contributed by atoms with Crippen LogP contribution in [-0.2, 0) is 4.79 Å². The Balaban J connectivity index is 2.16. The smallest absolute Gasteiger partial charge is 0.243 e. The Morgan fingerprint density at radius 2 is 2.31 bits per heavy atom. The van der Waals surface area contributed by atoms with Crippen LogP contribution < -0.4 is 4.90 Å². The first kappa shape index (κ1) is 8.43. The van der Waals surface area contributed by atoms with Gasteiger partial charge in [-0.25, -0.2) is 4.98 Å². The van der Waals surface area contributed by atoms with Gasteiger partial charge in [0, 0.05) is 18.6 Å². The highest BCUT2D eigenvalue weighted by molar-refractivity contribution is 7.09. The molecule has 0 aliphatic carbocycles. The summed E-state index contributed by atoms with van der Waals surface area (Å²) in [6.07, 6.45) is 0. The van der Waals surface area contributed by atoms with Gasteiger partial charge in [-0.2, -0.15) is 4.37 Å². The number of amides is 1. The quantitative estimate of drug-likeness (QED) is 0.641. The lowest BCUT2D eigenvalue weighted by molar-refractivity contribution is -0.125. The number of aryl methyl sites for hydroxylation is 1. The SMILES string of the molecule is Cc1nsc(N2CC(=O)N(C)C2)n1. The van der Waals surface area contributed by atoms with Gasteiger partial charge in [0.15, 0.2) is 0 Å². The first-order chi connectivity index (χ1) is 6.16. The number of anilines is 1. The van der Waals surface area contributed by atoms with Gasteiger partial charge in [-0.05, 0) is 6.92 Å². The molecule has 70 valence electrons. The third-order valence-electron chi connectivity index (χ3n) is 1.92. The van der Waals surface area contributed by atoms with E-state index in [-0.39, 0.29) is 5.91 Å². The number of rotatable bonds is 1. The average Bonchev–Trinajstić information content (AvgIpc) is 2.61. The van der Waals surface area contributed by atoms with Crippen LogP contribution in [0.1, 0.15) is 5.82 Å². The predicted octanol–water partition coefficient (Wildman–Crippen LogP) is 0.0824. The lowest BCUT2D eigenvalue weighted by atomic mass is 10.6. The van der Waals surface area contributed by atoms with E-state index in [4.69, 9.17) is 0 Å². The van der Waals surface area contributed by atoms with Crippen LogP contribution in [0.5, 0.6) is 0 Å². The Kier molecular flexibility index (Phi) is 1.91. The highest BCUT2D eigenvalue weighted by Crippen LogP contribution is 2.19. The van der Waals surface area contributed by atoms with Crippen LogP contribution in [0.2, 0.25) is 0 Å². The Hall–Kier alpha value is -1.17. The first-order valence-electron chi connectivity index (χ1n) is 3.96. The number of aromatic nitrogens is 2. The fourth-order valence-electron chi connectivity index (χ4n) is 1.21. The molecule has 0 spiro atoms. The van der Waals surface area contributed by atoms with E-state index in [0.29, 0.717) is 13.2 Å². The van der Waals surface area contributed by atoms with Gasteiger partial charge in [-0.3, -0.25) is 4.79 Å². The number of hydrogen-bond acceptors (Lipinski definition) is 5. The van der Waals surface area contributed by atoms with Crippen molar-refractivity contribution >= 4 is 22.6 Å². The van der Waals surface area contributed by atoms with Gasteiger partial charge < -0.3 is 9.80 Å². The van der Waals surface area contributed by atoms with Gasteiger partial charge in [0.05, 0.1) is 6.67 Å². The molecule has 0 atom stereocenters. The maximum Gasteiger partial charge on any atom is 0.243 e. The van der Waals surface area contributed by atoms with Crippen molar-refractivity contribution in [1.29, 1.82) is 0 Å². The summed E-state index contributed by atoms with van der Waals surface area (Å²) in [4.78, 5) is 19.0. The molecule has 1 aromatic heterocycles. The third kappa shape index (κ3) is 1.49. The van der Waals surface area contributed by atoms with Crippen molar-refractivity contribution in [2.75, 3.05) is 25.2 Å². The number of carbonyl (C=O) groups excluding carboxylic acids is 1. The van der Waals surface area contributed by atoms with E-state index in [2.05, 4.69) is 9.36 Å². The van der Waals surface area contributed by atoms with Crippen molar-refractivity contribution in [3.8, 4) is 0 Å². The van der Waals surface area contributed by atoms with Gasteiger partial charge in [-0.15, -0.1) is 0 Å². The summed E-state index contributed by atoms with van der Waals surface area (Å²) in [7, 11) is 1.79. The second-order valence-corrected chi connectivity index (χ2v) is 3.79. The summed E-state index contributed by atoms with van der Waals surface area (Å²) in [6, 6.07) is 0. The molecular weight excluding hydrogens is 188 g/mol. The van der Waals surface area contributed by atoms with Crippen LogP contribution in [0.4, 0.5) is 5.13 Å². The summed E-state index contributed by atoms with van der Waals surface area (Å²) >= 11 is 1.34. The minimum Gasteiger partial charge on any atom is -0.326 e. The van der Waals surface area contributed by atoms with Crippen molar-refractivity contribution in [2.24, 2.45) is 0 Å². The predicted molar refractivity (Wildman–Crippen MR) is 49.6 cm³/mol. The van der Waals surface area contributed by atoms with Crippen molar-refractivity contribution in [3.63, 3.8) is 0 Å². The monoisotopic (exact) mass is 198 g/mol. The fraction of sp³-hybridized carbons (Fsp3) is 0.571. The van der Waals surface area contributed by atoms with Crippen molar-refractivity contribution in [3.05, 3.63) is 5.82 Å². The zero-order chi connectivity index (χ0) is 9.42. The van der Waals surface area contributed by atoms with Gasteiger partial charge in [0.25, 0.3) is 0 Å². The standard InChI is InChI=1S/C7H10N4OS/c1-5-8-7(13-9-5)11-3-6(12)10(2)4-11/h3-4H2,1-2H3. The molecule has 0 bridgehead atoms. The molecule has 0 N–H and O–H groups in total. The van der Waals surface area contributed by atoms with E-state index in [9.17, 15) is 4.79 Å². The number of likely N-dealkylation sites (N-methyl/N-ethyl adjacent to an activating group) is 1. The Labute approximate surface area is 80.2 Å². The molecule has 0 unspecified atom stereocenters. The van der Waals surface area contributed by atoms with E-state index in [0.717, 1.165) is 11.0 Å². The van der Waals surface area contributed by atoms with Crippen LogP contribution in [0.3, 0.4) is 0 Å². The molecular formula is C7H10N4OS. The third-order valence-corrected chi connectivity index (χ3v) is 2.79. The summed E-state index contributed by atoms with van der Waals surface area (Å²) < 4.78 is 4.07. The van der Waals surface area contributed by atoms with Gasteiger partial charge in [0.2, 0.25) is 11.0 Å². The van der Waals surface area contributed by atoms with Gasteiger partial charge in [0.1, 0.15) is 12.4 Å². The van der Waals surface area contributed by atoms with Crippen LogP contribution in [0.25, 0.3) is 0 Å². The number of hydrogen-bond donors (Lipinski definition) is 0. The number of carbonyl (C=O) groups is 1. The van der Waals surface area contributed by atoms with Crippen LogP contribution >= 0.6 is 11.5 Å². The number of nitrogens with zero attached hydrogens (tertiary/aromatic N) is 4. The molecule has 13 heavy (non-hydrogen) atoms. The molecule has 1 saturated heterocycles. The van der Waals surface area contributed by atoms with Gasteiger partial charge in [-0.1, -0.05) is 0 Å². The summed E-state index contributed by atoms with van der Waals surface area (Å²) in [5.74, 6) is 0.898. The Morgan fingerprint density at radius 1 is 1.54 bits per heavy atom. The van der Waals surface area contributed by atoms with Crippen LogP contribution in [0, 0.1) is 6.92 Å². The summed E-state index contributed by atoms with van der Waals surface area (Å²) in [5, 5.41) is 0.829. The van der Waals surface area contributed by atoms with Crippen LogP contribution in [0.15, 0.2) is 0 Å². The molecule has 6 heteroatoms. The minimum atomic E-state index is 0.132. The first-order valence-corrected chi connectivity index (χ1v) is 4.73. The largest absolute Gasteiger partial charge is 0.326 e. The summed E-state index contributed by atoms with van der Waals surface area (Å²) in [5.41, 5.74) is 0. The molecule has 1 aromatic rings. The van der Waals surface area contributed by atoms with E-state index >= 15 is 0 Å². The lowest BCUT2D eigenvalue weighted by Crippen LogP contribution is -2.22. The fourth-order valence-corrected chi connectivity index (χ4v) is 1.88. The minimum absolute atomic E-state index is 0.132. The van der Waals surface area contributed by atoms with Crippen molar-refractivity contribution < 1.29 is 4.79 Å². The Morgan fingerprint density at radius 3 is 2.77 bits per heavy atom. The second kappa shape index (κ2) is 2.95. The van der Waals surface area contributed by atoms with Crippen molar-refractivity contribution in [1.82, 2.24) is 14.3 Å². The second-order valence-electron chi connectivity index (χ2n) is 3.06. The maximum absolute atomic E-state index is 11.2. The van der Waals surface area contributed by atoms with E-state index < -0.39 is 0 Å². The highest BCUT2D eigenvalue weighted by Gasteiger charge is 2.26. The van der Waals surface area contributed by atoms with Crippen LogP contribution in [-0.4, -0.2) is 40.4 Å². The maximum atomic E-state index is 11.2.